The lowest BCUT2D eigenvalue weighted by Gasteiger charge is -2.33. The smallest absolute Gasteiger partial charge is 0.306 e. The summed E-state index contributed by atoms with van der Waals surface area (Å²) >= 11 is 0. The molecule has 1 saturated carbocycles. The first-order chi connectivity index (χ1) is 9.52. The first-order valence-electron chi connectivity index (χ1n) is 7.64. The molecule has 0 aromatic carbocycles. The Morgan fingerprint density at radius 1 is 1.50 bits per heavy atom. The highest BCUT2D eigenvalue weighted by Gasteiger charge is 2.35. The molecule has 1 aromatic rings. The highest BCUT2D eigenvalue weighted by Crippen LogP contribution is 2.37. The Kier molecular flexibility index (Phi) is 4.78. The summed E-state index contributed by atoms with van der Waals surface area (Å²) in [7, 11) is 0. The van der Waals surface area contributed by atoms with Crippen LogP contribution in [-0.4, -0.2) is 25.8 Å². The van der Waals surface area contributed by atoms with Crippen LogP contribution in [-0.2, 0) is 11.2 Å². The lowest BCUT2D eigenvalue weighted by atomic mass is 9.72. The molecule has 1 aliphatic rings. The highest BCUT2D eigenvalue weighted by molar-refractivity contribution is 5.70. The summed E-state index contributed by atoms with van der Waals surface area (Å²) in [6.07, 6.45) is 6.28. The van der Waals surface area contributed by atoms with Crippen molar-refractivity contribution in [1.82, 2.24) is 14.8 Å². The van der Waals surface area contributed by atoms with Gasteiger partial charge >= 0.3 is 5.97 Å². The summed E-state index contributed by atoms with van der Waals surface area (Å²) in [5, 5.41) is 13.7. The Morgan fingerprint density at radius 2 is 2.25 bits per heavy atom. The first-order valence-corrected chi connectivity index (χ1v) is 7.64. The average molecular weight is 279 g/mol. The van der Waals surface area contributed by atoms with E-state index in [0.717, 1.165) is 37.9 Å². The molecular formula is C15H25N3O2. The molecule has 0 aliphatic heterocycles. The van der Waals surface area contributed by atoms with E-state index >= 15 is 0 Å². The minimum atomic E-state index is -0.653. The van der Waals surface area contributed by atoms with Crippen molar-refractivity contribution in [3.63, 3.8) is 0 Å². The molecule has 1 heterocycles. The maximum absolute atomic E-state index is 11.5. The molecule has 112 valence electrons. The summed E-state index contributed by atoms with van der Waals surface area (Å²) in [6.45, 7) is 6.34. The second-order valence-electron chi connectivity index (χ2n) is 6.21. The van der Waals surface area contributed by atoms with Crippen molar-refractivity contribution in [2.45, 2.75) is 58.9 Å². The Bertz CT molecular complexity index is 456. The van der Waals surface area contributed by atoms with Gasteiger partial charge in [-0.3, -0.25) is 4.79 Å². The lowest BCUT2D eigenvalue weighted by molar-refractivity contribution is -0.145. The van der Waals surface area contributed by atoms with Crippen LogP contribution in [0.15, 0.2) is 6.33 Å². The van der Waals surface area contributed by atoms with Crippen LogP contribution in [0.5, 0.6) is 0 Å². The average Bonchev–Trinajstić information content (AvgIpc) is 2.86. The SMILES string of the molecule is CCC1CCC(C(=O)O)C(Cc2ncnn2C(C)C)C1. The van der Waals surface area contributed by atoms with Crippen LogP contribution in [0.2, 0.25) is 0 Å². The van der Waals surface area contributed by atoms with Crippen molar-refractivity contribution in [1.29, 1.82) is 0 Å². The van der Waals surface area contributed by atoms with E-state index in [9.17, 15) is 9.90 Å². The molecule has 3 atom stereocenters. The molecule has 1 aliphatic carbocycles. The number of carbonyl (C=O) groups is 1. The first kappa shape index (κ1) is 15.0. The monoisotopic (exact) mass is 279 g/mol. The van der Waals surface area contributed by atoms with Crippen molar-refractivity contribution in [3.05, 3.63) is 12.2 Å². The number of aromatic nitrogens is 3. The van der Waals surface area contributed by atoms with Crippen molar-refractivity contribution in [3.8, 4) is 0 Å². The maximum atomic E-state index is 11.5. The van der Waals surface area contributed by atoms with Crippen LogP contribution >= 0.6 is 0 Å². The van der Waals surface area contributed by atoms with Crippen LogP contribution in [0.3, 0.4) is 0 Å². The van der Waals surface area contributed by atoms with E-state index in [4.69, 9.17) is 0 Å². The maximum Gasteiger partial charge on any atom is 0.306 e. The number of carboxylic acid groups (broad SMARTS) is 1. The van der Waals surface area contributed by atoms with Gasteiger partial charge in [-0.2, -0.15) is 5.10 Å². The lowest BCUT2D eigenvalue weighted by Crippen LogP contribution is -2.32. The van der Waals surface area contributed by atoms with E-state index in [1.54, 1.807) is 6.33 Å². The van der Waals surface area contributed by atoms with E-state index in [2.05, 4.69) is 30.9 Å². The van der Waals surface area contributed by atoms with Gasteiger partial charge in [-0.1, -0.05) is 13.3 Å². The molecule has 20 heavy (non-hydrogen) atoms. The molecule has 0 saturated heterocycles. The summed E-state index contributed by atoms with van der Waals surface area (Å²) in [6, 6.07) is 0.265. The Hall–Kier alpha value is -1.39. The van der Waals surface area contributed by atoms with Crippen LogP contribution in [0, 0.1) is 17.8 Å². The van der Waals surface area contributed by atoms with E-state index in [0.29, 0.717) is 5.92 Å². The fourth-order valence-electron chi connectivity index (χ4n) is 3.37. The van der Waals surface area contributed by atoms with Gasteiger partial charge in [-0.25, -0.2) is 9.67 Å². The molecule has 1 aromatic heterocycles. The molecule has 0 radical (unpaired) electrons. The summed E-state index contributed by atoms with van der Waals surface area (Å²) in [5.41, 5.74) is 0. The number of hydrogen-bond acceptors (Lipinski definition) is 3. The molecule has 3 unspecified atom stereocenters. The molecule has 1 fully saturated rings. The molecule has 5 nitrogen and oxygen atoms in total. The van der Waals surface area contributed by atoms with E-state index < -0.39 is 5.97 Å². The number of aliphatic carboxylic acids is 1. The minimum absolute atomic E-state index is 0.188. The van der Waals surface area contributed by atoms with E-state index in [1.165, 1.54) is 0 Å². The zero-order chi connectivity index (χ0) is 14.7. The summed E-state index contributed by atoms with van der Waals surface area (Å²) in [4.78, 5) is 15.8. The molecule has 0 bridgehead atoms. The molecule has 1 N–H and O–H groups in total. The second-order valence-corrected chi connectivity index (χ2v) is 6.21. The predicted octanol–water partition coefficient (Wildman–Crippen LogP) is 2.93. The van der Waals surface area contributed by atoms with Crippen molar-refractivity contribution in [2.75, 3.05) is 0 Å². The fraction of sp³-hybridized carbons (Fsp3) is 0.800. The largest absolute Gasteiger partial charge is 0.481 e. The Labute approximate surface area is 120 Å². The van der Waals surface area contributed by atoms with E-state index in [1.807, 2.05) is 4.68 Å². The number of carboxylic acids is 1. The number of hydrogen-bond donors (Lipinski definition) is 1. The van der Waals surface area contributed by atoms with Gasteiger partial charge in [0.15, 0.2) is 0 Å². The molecule has 0 amide bonds. The minimum Gasteiger partial charge on any atom is -0.481 e. The Morgan fingerprint density at radius 3 is 2.85 bits per heavy atom. The molecule has 2 rings (SSSR count). The van der Waals surface area contributed by atoms with Gasteiger partial charge in [-0.15, -0.1) is 0 Å². The van der Waals surface area contributed by atoms with Crippen molar-refractivity contribution >= 4 is 5.97 Å². The third-order valence-corrected chi connectivity index (χ3v) is 4.57. The third-order valence-electron chi connectivity index (χ3n) is 4.57. The Balaban J connectivity index is 2.14. The molecular weight excluding hydrogens is 254 g/mol. The van der Waals surface area contributed by atoms with E-state index in [-0.39, 0.29) is 17.9 Å². The quantitative estimate of drug-likeness (QED) is 0.899. The fourth-order valence-corrected chi connectivity index (χ4v) is 3.37. The molecule has 5 heteroatoms. The number of nitrogens with zero attached hydrogens (tertiary/aromatic N) is 3. The summed E-state index contributed by atoms with van der Waals surface area (Å²) < 4.78 is 1.91. The van der Waals surface area contributed by atoms with Gasteiger partial charge in [0.25, 0.3) is 0 Å². The van der Waals surface area contributed by atoms with Gasteiger partial charge in [0, 0.05) is 12.5 Å². The standard InChI is InChI=1S/C15H25N3O2/c1-4-11-5-6-13(15(19)20)12(7-11)8-14-16-9-17-18(14)10(2)3/h9-13H,4-8H2,1-3H3,(H,19,20). The second kappa shape index (κ2) is 6.37. The normalized spacial score (nSPS) is 26.9. The third kappa shape index (κ3) is 3.19. The molecule has 0 spiro atoms. The van der Waals surface area contributed by atoms with Crippen LogP contribution < -0.4 is 0 Å². The zero-order valence-electron chi connectivity index (χ0n) is 12.6. The zero-order valence-corrected chi connectivity index (χ0v) is 12.6. The van der Waals surface area contributed by atoms with Gasteiger partial charge < -0.3 is 5.11 Å². The highest BCUT2D eigenvalue weighted by atomic mass is 16.4. The summed E-state index contributed by atoms with van der Waals surface area (Å²) in [5.74, 6) is 0.891. The van der Waals surface area contributed by atoms with Crippen LogP contribution in [0.4, 0.5) is 0 Å². The van der Waals surface area contributed by atoms with Crippen LogP contribution in [0.25, 0.3) is 0 Å². The van der Waals surface area contributed by atoms with Gasteiger partial charge in [0.1, 0.15) is 12.2 Å². The number of rotatable bonds is 5. The van der Waals surface area contributed by atoms with Gasteiger partial charge in [0.05, 0.1) is 5.92 Å². The van der Waals surface area contributed by atoms with Crippen LogP contribution in [0.1, 0.15) is 58.3 Å². The van der Waals surface area contributed by atoms with Gasteiger partial charge in [0.2, 0.25) is 0 Å². The predicted molar refractivity (Wildman–Crippen MR) is 76.4 cm³/mol. The van der Waals surface area contributed by atoms with Crippen molar-refractivity contribution in [2.24, 2.45) is 17.8 Å². The van der Waals surface area contributed by atoms with Gasteiger partial charge in [-0.05, 0) is 44.9 Å². The van der Waals surface area contributed by atoms with Crippen molar-refractivity contribution < 1.29 is 9.90 Å². The topological polar surface area (TPSA) is 68.0 Å².